The van der Waals surface area contributed by atoms with Crippen molar-refractivity contribution >= 4 is 5.69 Å². The van der Waals surface area contributed by atoms with Crippen LogP contribution in [0.25, 0.3) is 0 Å². The van der Waals surface area contributed by atoms with Gasteiger partial charge in [-0.1, -0.05) is 0 Å². The topological polar surface area (TPSA) is 24.1 Å². The monoisotopic (exact) mass is 206 g/mol. The van der Waals surface area contributed by atoms with Gasteiger partial charge in [0.15, 0.2) is 0 Å². The Hall–Kier alpha value is -1.09. The normalized spacial score (nSPS) is 28.9. The van der Waals surface area contributed by atoms with Gasteiger partial charge in [-0.25, -0.2) is 4.39 Å². The second-order valence-electron chi connectivity index (χ2n) is 4.57. The molecular weight excluding hydrogens is 191 g/mol. The summed E-state index contributed by atoms with van der Waals surface area (Å²) in [6, 6.07) is 5.10. The molecule has 0 amide bonds. The lowest BCUT2D eigenvalue weighted by atomic mass is 9.74. The summed E-state index contributed by atoms with van der Waals surface area (Å²) < 4.78 is 13.3. The van der Waals surface area contributed by atoms with Crippen molar-refractivity contribution < 1.29 is 4.39 Å². The molecule has 1 aromatic carbocycles. The van der Waals surface area contributed by atoms with Crippen molar-refractivity contribution in [1.29, 1.82) is 0 Å². The third-order valence-electron chi connectivity index (χ3n) is 3.72. The van der Waals surface area contributed by atoms with E-state index in [-0.39, 0.29) is 11.2 Å². The van der Waals surface area contributed by atoms with Crippen molar-refractivity contribution in [3.8, 4) is 0 Å². The average molecular weight is 206 g/mol. The van der Waals surface area contributed by atoms with Gasteiger partial charge in [0.25, 0.3) is 0 Å². The third-order valence-corrected chi connectivity index (χ3v) is 3.72. The zero-order chi connectivity index (χ0) is 10.3. The number of rotatable bonds is 0. The molecule has 0 radical (unpaired) electrons. The number of anilines is 1. The van der Waals surface area contributed by atoms with Crippen molar-refractivity contribution in [3.05, 3.63) is 29.6 Å². The van der Waals surface area contributed by atoms with Gasteiger partial charge >= 0.3 is 0 Å². The molecule has 2 aliphatic heterocycles. The van der Waals surface area contributed by atoms with Gasteiger partial charge < -0.3 is 10.6 Å². The first-order chi connectivity index (χ1) is 7.30. The Morgan fingerprint density at radius 3 is 2.87 bits per heavy atom. The molecule has 0 aromatic heterocycles. The van der Waals surface area contributed by atoms with Crippen LogP contribution >= 0.6 is 0 Å². The first-order valence-corrected chi connectivity index (χ1v) is 5.55. The van der Waals surface area contributed by atoms with E-state index in [9.17, 15) is 4.39 Å². The van der Waals surface area contributed by atoms with Gasteiger partial charge in [-0.05, 0) is 43.1 Å². The van der Waals surface area contributed by atoms with Gasteiger partial charge in [-0.3, -0.25) is 0 Å². The minimum atomic E-state index is -0.122. The first kappa shape index (κ1) is 9.16. The predicted octanol–water partition coefficient (Wildman–Crippen LogP) is 1.87. The first-order valence-electron chi connectivity index (χ1n) is 5.55. The summed E-state index contributed by atoms with van der Waals surface area (Å²) in [5.41, 5.74) is 2.47. The zero-order valence-corrected chi connectivity index (χ0v) is 8.65. The second kappa shape index (κ2) is 3.20. The van der Waals surface area contributed by atoms with Crippen LogP contribution < -0.4 is 10.6 Å². The van der Waals surface area contributed by atoms with Gasteiger partial charge in [-0.15, -0.1) is 0 Å². The molecule has 1 aromatic rings. The van der Waals surface area contributed by atoms with Crippen molar-refractivity contribution in [2.24, 2.45) is 0 Å². The minimum absolute atomic E-state index is 0.122. The van der Waals surface area contributed by atoms with Gasteiger partial charge in [0.05, 0.1) is 0 Å². The maximum Gasteiger partial charge on any atom is 0.123 e. The van der Waals surface area contributed by atoms with Crippen molar-refractivity contribution in [2.45, 2.75) is 18.3 Å². The second-order valence-corrected chi connectivity index (χ2v) is 4.57. The fraction of sp³-hybridized carbons (Fsp3) is 0.500. The van der Waals surface area contributed by atoms with Crippen LogP contribution in [0.15, 0.2) is 18.2 Å². The summed E-state index contributed by atoms with van der Waals surface area (Å²) in [6.45, 7) is 3.04. The fourth-order valence-corrected chi connectivity index (χ4v) is 2.87. The molecule has 3 heteroatoms. The molecule has 1 atom stereocenters. The van der Waals surface area contributed by atoms with Crippen molar-refractivity contribution in [2.75, 3.05) is 25.0 Å². The fourth-order valence-electron chi connectivity index (χ4n) is 2.87. The molecule has 15 heavy (non-hydrogen) atoms. The molecule has 2 heterocycles. The molecule has 0 bridgehead atoms. The van der Waals surface area contributed by atoms with Crippen LogP contribution in [0.2, 0.25) is 0 Å². The summed E-state index contributed by atoms with van der Waals surface area (Å²) in [5.74, 6) is -0.122. The van der Waals surface area contributed by atoms with Crippen LogP contribution in [0.4, 0.5) is 10.1 Å². The molecule has 1 spiro atoms. The van der Waals surface area contributed by atoms with Crippen LogP contribution in [0, 0.1) is 5.82 Å². The smallest absolute Gasteiger partial charge is 0.123 e. The molecule has 1 fully saturated rings. The van der Waals surface area contributed by atoms with E-state index in [1.165, 1.54) is 11.6 Å². The molecule has 1 unspecified atom stereocenters. The average Bonchev–Trinajstić information content (AvgIpc) is 2.69. The van der Waals surface area contributed by atoms with Gasteiger partial charge in [0, 0.05) is 24.2 Å². The molecule has 0 saturated carbocycles. The lowest BCUT2D eigenvalue weighted by molar-refractivity contribution is 0.431. The Labute approximate surface area is 88.9 Å². The van der Waals surface area contributed by atoms with Crippen molar-refractivity contribution in [1.82, 2.24) is 5.32 Å². The van der Waals surface area contributed by atoms with E-state index >= 15 is 0 Å². The van der Waals surface area contributed by atoms with Gasteiger partial charge in [0.1, 0.15) is 5.82 Å². The largest absolute Gasteiger partial charge is 0.385 e. The molecule has 2 nitrogen and oxygen atoms in total. The highest BCUT2D eigenvalue weighted by Crippen LogP contribution is 2.41. The zero-order valence-electron chi connectivity index (χ0n) is 8.65. The molecule has 2 N–H and O–H groups in total. The SMILES string of the molecule is Fc1ccc2c(c1)C1(CCNC1)CCN2. The molecular formula is C12H15FN2. The number of benzene rings is 1. The van der Waals surface area contributed by atoms with Crippen LogP contribution in [0.5, 0.6) is 0 Å². The van der Waals surface area contributed by atoms with Gasteiger partial charge in [0.2, 0.25) is 0 Å². The predicted molar refractivity (Wildman–Crippen MR) is 58.7 cm³/mol. The Morgan fingerprint density at radius 2 is 2.07 bits per heavy atom. The van der Waals surface area contributed by atoms with E-state index in [0.29, 0.717) is 0 Å². The van der Waals surface area contributed by atoms with Gasteiger partial charge in [-0.2, -0.15) is 0 Å². The third kappa shape index (κ3) is 1.34. The van der Waals surface area contributed by atoms with E-state index in [4.69, 9.17) is 0 Å². The Balaban J connectivity index is 2.12. The quantitative estimate of drug-likeness (QED) is 0.677. The summed E-state index contributed by atoms with van der Waals surface area (Å²) >= 11 is 0. The molecule has 3 rings (SSSR count). The van der Waals surface area contributed by atoms with Crippen molar-refractivity contribution in [3.63, 3.8) is 0 Å². The number of hydrogen-bond acceptors (Lipinski definition) is 2. The highest BCUT2D eigenvalue weighted by atomic mass is 19.1. The summed E-state index contributed by atoms with van der Waals surface area (Å²) in [4.78, 5) is 0. The number of nitrogens with one attached hydrogen (secondary N) is 2. The standard InChI is InChI=1S/C12H15FN2/c13-9-1-2-11-10(7-9)12(4-6-15-11)3-5-14-8-12/h1-2,7,14-15H,3-6,8H2. The van der Waals surface area contributed by atoms with E-state index in [1.807, 2.05) is 6.07 Å². The lowest BCUT2D eigenvalue weighted by Crippen LogP contribution is -2.36. The Bertz CT molecular complexity index is 383. The molecule has 2 aliphatic rings. The molecule has 1 saturated heterocycles. The number of hydrogen-bond donors (Lipinski definition) is 2. The highest BCUT2D eigenvalue weighted by molar-refractivity contribution is 5.57. The Morgan fingerprint density at radius 1 is 1.20 bits per heavy atom. The van der Waals surface area contributed by atoms with E-state index in [1.54, 1.807) is 6.07 Å². The van der Waals surface area contributed by atoms with E-state index in [0.717, 1.165) is 38.2 Å². The summed E-state index contributed by atoms with van der Waals surface area (Å²) in [5, 5.41) is 6.74. The van der Waals surface area contributed by atoms with Crippen LogP contribution in [-0.2, 0) is 5.41 Å². The molecule has 80 valence electrons. The highest BCUT2D eigenvalue weighted by Gasteiger charge is 2.39. The summed E-state index contributed by atoms with van der Waals surface area (Å²) in [7, 11) is 0. The minimum Gasteiger partial charge on any atom is -0.385 e. The van der Waals surface area contributed by atoms with Crippen LogP contribution in [-0.4, -0.2) is 19.6 Å². The van der Waals surface area contributed by atoms with E-state index < -0.39 is 0 Å². The summed E-state index contributed by atoms with van der Waals surface area (Å²) in [6.07, 6.45) is 2.24. The maximum absolute atomic E-state index is 13.3. The molecule has 0 aliphatic carbocycles. The Kier molecular flexibility index (Phi) is 1.96. The lowest BCUT2D eigenvalue weighted by Gasteiger charge is -2.35. The maximum atomic E-state index is 13.3. The van der Waals surface area contributed by atoms with E-state index in [2.05, 4.69) is 10.6 Å². The number of halogens is 1. The van der Waals surface area contributed by atoms with Crippen LogP contribution in [0.1, 0.15) is 18.4 Å². The number of fused-ring (bicyclic) bond motifs is 2. The van der Waals surface area contributed by atoms with Crippen LogP contribution in [0.3, 0.4) is 0 Å².